The van der Waals surface area contributed by atoms with Crippen LogP contribution in [0.2, 0.25) is 0 Å². The number of nitrogens with one attached hydrogen (secondary N) is 1. The minimum atomic E-state index is -0.0615. The lowest BCUT2D eigenvalue weighted by atomic mass is 9.65. The lowest BCUT2D eigenvalue weighted by Gasteiger charge is -2.47. The lowest BCUT2D eigenvalue weighted by molar-refractivity contribution is 0.0772. The molecule has 1 N–H and O–H groups in total. The van der Waals surface area contributed by atoms with E-state index in [1.807, 2.05) is 23.1 Å². The molecule has 29 heavy (non-hydrogen) atoms. The summed E-state index contributed by atoms with van der Waals surface area (Å²) in [7, 11) is 1.73. The molecule has 5 rings (SSSR count). The van der Waals surface area contributed by atoms with Gasteiger partial charge in [0.15, 0.2) is 0 Å². The second-order valence-electron chi connectivity index (χ2n) is 8.40. The number of fused-ring (bicyclic) bond motifs is 4. The molecule has 0 saturated carbocycles. The van der Waals surface area contributed by atoms with Crippen molar-refractivity contribution in [1.29, 1.82) is 0 Å². The number of amides is 1. The summed E-state index contributed by atoms with van der Waals surface area (Å²) in [4.78, 5) is 22.8. The zero-order valence-electron chi connectivity index (χ0n) is 17.3. The number of aryl methyl sites for hydroxylation is 1. The summed E-state index contributed by atoms with van der Waals surface area (Å²) >= 11 is 0. The van der Waals surface area contributed by atoms with Crippen molar-refractivity contribution in [1.82, 2.24) is 14.9 Å². The number of carbonyl (C=O) groups is 1. The number of imidazole rings is 1. The van der Waals surface area contributed by atoms with Gasteiger partial charge in [0.1, 0.15) is 5.75 Å². The van der Waals surface area contributed by atoms with Crippen LogP contribution in [0.1, 0.15) is 47.3 Å². The number of hydrogen-bond donors (Lipinski definition) is 1. The quantitative estimate of drug-likeness (QED) is 0.704. The minimum absolute atomic E-state index is 0.0615. The maximum Gasteiger partial charge on any atom is 0.258 e. The second kappa shape index (κ2) is 6.21. The maximum absolute atomic E-state index is 13.4. The van der Waals surface area contributed by atoms with E-state index in [4.69, 9.17) is 4.74 Å². The zero-order valence-corrected chi connectivity index (χ0v) is 17.3. The van der Waals surface area contributed by atoms with Crippen molar-refractivity contribution in [2.75, 3.05) is 13.7 Å². The standard InChI is InChI=1S/C24H25N3O2/c1-14-9-17-11-21-15(2)24(3,18(17)12-22(14)29-4)7-8-27(21)23(28)16-5-6-19-20(10-16)26-13-25-19/h5-6,9-10,12-13H,7-8,11H2,1-4H3,(H,25,26)/t24-/m0/s1. The van der Waals surface area contributed by atoms with Crippen molar-refractivity contribution in [3.8, 4) is 5.75 Å². The van der Waals surface area contributed by atoms with Gasteiger partial charge < -0.3 is 14.6 Å². The predicted octanol–water partition coefficient (Wildman–Crippen LogP) is 4.51. The number of carbonyl (C=O) groups excluding carboxylic acids is 1. The Kier molecular flexibility index (Phi) is 3.85. The molecule has 1 aromatic heterocycles. The number of ether oxygens (including phenoxy) is 1. The van der Waals surface area contributed by atoms with Crippen molar-refractivity contribution < 1.29 is 9.53 Å². The predicted molar refractivity (Wildman–Crippen MR) is 113 cm³/mol. The molecule has 1 amide bonds. The lowest BCUT2D eigenvalue weighted by Crippen LogP contribution is -2.46. The third-order valence-electron chi connectivity index (χ3n) is 6.91. The van der Waals surface area contributed by atoms with E-state index in [1.54, 1.807) is 13.4 Å². The number of nitrogens with zero attached hydrogens (tertiary/aromatic N) is 2. The number of allylic oxidation sites excluding steroid dienone is 2. The first-order valence-electron chi connectivity index (χ1n) is 10.1. The Morgan fingerprint density at radius 3 is 2.86 bits per heavy atom. The van der Waals surface area contributed by atoms with Gasteiger partial charge in [-0.15, -0.1) is 0 Å². The molecule has 2 bridgehead atoms. The normalized spacial score (nSPS) is 20.8. The van der Waals surface area contributed by atoms with E-state index in [-0.39, 0.29) is 11.3 Å². The van der Waals surface area contributed by atoms with E-state index >= 15 is 0 Å². The smallest absolute Gasteiger partial charge is 0.258 e. The topological polar surface area (TPSA) is 58.2 Å². The van der Waals surface area contributed by atoms with Crippen molar-refractivity contribution in [2.24, 2.45) is 0 Å². The second-order valence-corrected chi connectivity index (χ2v) is 8.40. The van der Waals surface area contributed by atoms with Gasteiger partial charge in [-0.05, 0) is 66.8 Å². The highest BCUT2D eigenvalue weighted by molar-refractivity contribution is 5.98. The summed E-state index contributed by atoms with van der Waals surface area (Å²) in [5, 5.41) is 0. The third-order valence-corrected chi connectivity index (χ3v) is 6.91. The van der Waals surface area contributed by atoms with Gasteiger partial charge in [-0.3, -0.25) is 4.79 Å². The molecule has 2 aromatic carbocycles. The molecular weight excluding hydrogens is 362 g/mol. The zero-order chi connectivity index (χ0) is 20.3. The number of aromatic nitrogens is 2. The van der Waals surface area contributed by atoms with Crippen LogP contribution in [0.15, 0.2) is 47.9 Å². The summed E-state index contributed by atoms with van der Waals surface area (Å²) in [5.74, 6) is 0.999. The molecule has 0 saturated heterocycles. The largest absolute Gasteiger partial charge is 0.496 e. The van der Waals surface area contributed by atoms with Crippen molar-refractivity contribution in [2.45, 2.75) is 39.0 Å². The molecule has 1 aliphatic heterocycles. The van der Waals surface area contributed by atoms with Gasteiger partial charge in [-0.25, -0.2) is 4.98 Å². The molecule has 2 heterocycles. The Hall–Kier alpha value is -3.08. The van der Waals surface area contributed by atoms with Crippen LogP contribution in [0.5, 0.6) is 5.75 Å². The Labute approximate surface area is 170 Å². The van der Waals surface area contributed by atoms with Crippen LogP contribution in [-0.2, 0) is 11.8 Å². The van der Waals surface area contributed by atoms with Gasteiger partial charge in [0, 0.05) is 29.6 Å². The molecule has 0 radical (unpaired) electrons. The molecule has 2 aliphatic rings. The fourth-order valence-corrected chi connectivity index (χ4v) is 5.00. The molecule has 1 atom stereocenters. The first-order chi connectivity index (χ1) is 13.9. The molecule has 0 spiro atoms. The average Bonchev–Trinajstić information content (AvgIpc) is 3.18. The van der Waals surface area contributed by atoms with Gasteiger partial charge >= 0.3 is 0 Å². The molecule has 1 aliphatic carbocycles. The van der Waals surface area contributed by atoms with Gasteiger partial charge in [-0.1, -0.05) is 13.0 Å². The van der Waals surface area contributed by atoms with E-state index in [9.17, 15) is 4.79 Å². The van der Waals surface area contributed by atoms with E-state index < -0.39 is 0 Å². The van der Waals surface area contributed by atoms with Crippen molar-refractivity contribution in [3.05, 3.63) is 70.2 Å². The van der Waals surface area contributed by atoms with Crippen molar-refractivity contribution in [3.63, 3.8) is 0 Å². The van der Waals surface area contributed by atoms with Crippen LogP contribution in [0.25, 0.3) is 11.0 Å². The maximum atomic E-state index is 13.4. The van der Waals surface area contributed by atoms with E-state index in [2.05, 4.69) is 42.9 Å². The number of rotatable bonds is 2. The minimum Gasteiger partial charge on any atom is -0.496 e. The number of H-pyrrole nitrogens is 1. The molecular formula is C24H25N3O2. The molecule has 0 unspecified atom stereocenters. The van der Waals surface area contributed by atoms with Crippen LogP contribution >= 0.6 is 0 Å². The van der Waals surface area contributed by atoms with E-state index in [0.29, 0.717) is 5.56 Å². The Bertz CT molecular complexity index is 1190. The summed E-state index contributed by atoms with van der Waals surface area (Å²) < 4.78 is 5.59. The summed E-state index contributed by atoms with van der Waals surface area (Å²) in [6.07, 6.45) is 3.34. The number of methoxy groups -OCH3 is 1. The fraction of sp³-hybridized carbons (Fsp3) is 0.333. The van der Waals surface area contributed by atoms with Crippen LogP contribution in [0.3, 0.4) is 0 Å². The van der Waals surface area contributed by atoms with Gasteiger partial charge in [0.2, 0.25) is 0 Å². The number of benzene rings is 2. The van der Waals surface area contributed by atoms with E-state index in [0.717, 1.165) is 47.4 Å². The molecule has 0 fully saturated rings. The van der Waals surface area contributed by atoms with E-state index in [1.165, 1.54) is 16.7 Å². The van der Waals surface area contributed by atoms with Crippen LogP contribution in [0.4, 0.5) is 0 Å². The molecule has 148 valence electrons. The van der Waals surface area contributed by atoms with Crippen LogP contribution < -0.4 is 4.74 Å². The highest BCUT2D eigenvalue weighted by atomic mass is 16.5. The Morgan fingerprint density at radius 2 is 2.07 bits per heavy atom. The van der Waals surface area contributed by atoms with Crippen LogP contribution in [0, 0.1) is 6.92 Å². The number of aromatic amines is 1. The monoisotopic (exact) mass is 387 g/mol. The summed E-state index contributed by atoms with van der Waals surface area (Å²) in [6.45, 7) is 7.28. The fourth-order valence-electron chi connectivity index (χ4n) is 5.00. The summed E-state index contributed by atoms with van der Waals surface area (Å²) in [5.41, 5.74) is 8.61. The van der Waals surface area contributed by atoms with Gasteiger partial charge in [0.05, 0.1) is 24.5 Å². The first-order valence-corrected chi connectivity index (χ1v) is 10.1. The third kappa shape index (κ3) is 2.53. The Balaban J connectivity index is 1.57. The highest BCUT2D eigenvalue weighted by Crippen LogP contribution is 2.49. The molecule has 3 aromatic rings. The average molecular weight is 387 g/mol. The molecule has 5 heteroatoms. The molecule has 5 nitrogen and oxygen atoms in total. The van der Waals surface area contributed by atoms with Gasteiger partial charge in [-0.2, -0.15) is 0 Å². The highest BCUT2D eigenvalue weighted by Gasteiger charge is 2.43. The van der Waals surface area contributed by atoms with Gasteiger partial charge in [0.25, 0.3) is 5.91 Å². The summed E-state index contributed by atoms with van der Waals surface area (Å²) in [6, 6.07) is 10.1. The van der Waals surface area contributed by atoms with Crippen LogP contribution in [-0.4, -0.2) is 34.4 Å². The van der Waals surface area contributed by atoms with Crippen molar-refractivity contribution >= 4 is 16.9 Å². The SMILES string of the molecule is COc1cc2c(cc1C)CC1=C(C)[C@]2(C)CCN1C(=O)c1ccc2nc[nH]c2c1. The Morgan fingerprint density at radius 1 is 1.24 bits per heavy atom. The number of hydrogen-bond acceptors (Lipinski definition) is 3. The first kappa shape index (κ1) is 18.0.